The van der Waals surface area contributed by atoms with Crippen LogP contribution in [0.15, 0.2) is 53.6 Å². The van der Waals surface area contributed by atoms with Crippen LogP contribution in [0.4, 0.5) is 4.39 Å². The Bertz CT molecular complexity index is 1270. The molecule has 3 heterocycles. The van der Waals surface area contributed by atoms with Crippen LogP contribution in [0.3, 0.4) is 0 Å². The highest BCUT2D eigenvalue weighted by atomic mass is 19.1. The van der Waals surface area contributed by atoms with E-state index in [1.807, 2.05) is 13.8 Å². The summed E-state index contributed by atoms with van der Waals surface area (Å²) in [6, 6.07) is 8.69. The van der Waals surface area contributed by atoms with E-state index in [1.54, 1.807) is 35.2 Å². The standard InChI is InChI=1S/C22H23FN6O2/c1-3-19-24-8-9-28(19)13-21(30)26-18(15-4-6-16(23)7-5-15)11-17-12-22(31)29-20(25-17)10-14(2)27-29/h4-10,12,18,27H,3,11,13H2,1-2H3,(H,26,30)/t18-/m1/s1. The second-order valence-electron chi connectivity index (χ2n) is 7.42. The Morgan fingerprint density at radius 1 is 1.26 bits per heavy atom. The van der Waals surface area contributed by atoms with Gasteiger partial charge in [0, 0.05) is 43.1 Å². The van der Waals surface area contributed by atoms with Gasteiger partial charge < -0.3 is 9.88 Å². The lowest BCUT2D eigenvalue weighted by molar-refractivity contribution is -0.122. The highest BCUT2D eigenvalue weighted by Crippen LogP contribution is 2.19. The van der Waals surface area contributed by atoms with Crippen molar-refractivity contribution in [1.82, 2.24) is 29.5 Å². The summed E-state index contributed by atoms with van der Waals surface area (Å²) in [4.78, 5) is 34.0. The molecule has 160 valence electrons. The number of aryl methyl sites for hydroxylation is 2. The van der Waals surface area contributed by atoms with E-state index < -0.39 is 6.04 Å². The van der Waals surface area contributed by atoms with Crippen LogP contribution in [0.5, 0.6) is 0 Å². The second kappa shape index (κ2) is 8.55. The maximum Gasteiger partial charge on any atom is 0.272 e. The molecule has 0 radical (unpaired) electrons. The Morgan fingerprint density at radius 3 is 2.77 bits per heavy atom. The number of aromatic nitrogens is 5. The van der Waals surface area contributed by atoms with Gasteiger partial charge in [-0.3, -0.25) is 14.7 Å². The number of amides is 1. The van der Waals surface area contributed by atoms with Crippen molar-refractivity contribution >= 4 is 11.6 Å². The minimum atomic E-state index is -0.476. The molecule has 4 aromatic rings. The third-order valence-electron chi connectivity index (χ3n) is 5.08. The fourth-order valence-corrected chi connectivity index (χ4v) is 3.61. The maximum atomic E-state index is 13.4. The molecule has 0 spiro atoms. The summed E-state index contributed by atoms with van der Waals surface area (Å²) in [6.07, 6.45) is 4.43. The summed E-state index contributed by atoms with van der Waals surface area (Å²) >= 11 is 0. The van der Waals surface area contributed by atoms with Crippen molar-refractivity contribution in [1.29, 1.82) is 0 Å². The first-order valence-electron chi connectivity index (χ1n) is 10.1. The van der Waals surface area contributed by atoms with Crippen LogP contribution in [0, 0.1) is 12.7 Å². The molecule has 0 fully saturated rings. The van der Waals surface area contributed by atoms with Gasteiger partial charge >= 0.3 is 0 Å². The highest BCUT2D eigenvalue weighted by molar-refractivity contribution is 5.76. The van der Waals surface area contributed by atoms with E-state index in [9.17, 15) is 14.0 Å². The zero-order valence-corrected chi connectivity index (χ0v) is 17.3. The predicted octanol–water partition coefficient (Wildman–Crippen LogP) is 2.33. The summed E-state index contributed by atoms with van der Waals surface area (Å²) in [5.41, 5.74) is 2.36. The topological polar surface area (TPSA) is 97.1 Å². The molecule has 0 aliphatic heterocycles. The quantitative estimate of drug-likeness (QED) is 0.478. The smallest absolute Gasteiger partial charge is 0.272 e. The van der Waals surface area contributed by atoms with Crippen molar-refractivity contribution in [2.45, 2.75) is 39.3 Å². The van der Waals surface area contributed by atoms with E-state index in [0.717, 1.165) is 17.1 Å². The average molecular weight is 422 g/mol. The molecule has 3 aromatic heterocycles. The summed E-state index contributed by atoms with van der Waals surface area (Å²) in [7, 11) is 0. The molecule has 8 nitrogen and oxygen atoms in total. The molecule has 0 aliphatic carbocycles. The van der Waals surface area contributed by atoms with Crippen molar-refractivity contribution in [2.24, 2.45) is 0 Å². The normalized spacial score (nSPS) is 12.2. The predicted molar refractivity (Wildman–Crippen MR) is 113 cm³/mol. The first kappa shape index (κ1) is 20.5. The number of rotatable bonds is 7. The molecule has 2 N–H and O–H groups in total. The van der Waals surface area contributed by atoms with Gasteiger partial charge in [-0.15, -0.1) is 0 Å². The third kappa shape index (κ3) is 4.55. The Balaban J connectivity index is 1.61. The number of fused-ring (bicyclic) bond motifs is 1. The zero-order valence-electron chi connectivity index (χ0n) is 17.3. The van der Waals surface area contributed by atoms with E-state index in [4.69, 9.17) is 0 Å². The average Bonchev–Trinajstić information content (AvgIpc) is 3.33. The van der Waals surface area contributed by atoms with E-state index in [0.29, 0.717) is 17.8 Å². The Hall–Kier alpha value is -3.75. The van der Waals surface area contributed by atoms with Crippen LogP contribution in [-0.2, 0) is 24.2 Å². The van der Waals surface area contributed by atoms with Crippen molar-refractivity contribution in [3.8, 4) is 0 Å². The van der Waals surface area contributed by atoms with Crippen LogP contribution in [0.25, 0.3) is 5.65 Å². The van der Waals surface area contributed by atoms with Gasteiger partial charge in [-0.2, -0.15) is 0 Å². The van der Waals surface area contributed by atoms with Gasteiger partial charge in [0.2, 0.25) is 5.91 Å². The third-order valence-corrected chi connectivity index (χ3v) is 5.08. The number of H-pyrrole nitrogens is 1. The number of carbonyl (C=O) groups excluding carboxylic acids is 1. The number of halogens is 1. The summed E-state index contributed by atoms with van der Waals surface area (Å²) in [5, 5.41) is 5.93. The minimum Gasteiger partial charge on any atom is -0.347 e. The molecule has 4 rings (SSSR count). The fraction of sp³-hybridized carbons (Fsp3) is 0.273. The monoisotopic (exact) mass is 422 g/mol. The zero-order chi connectivity index (χ0) is 22.0. The largest absolute Gasteiger partial charge is 0.347 e. The van der Waals surface area contributed by atoms with E-state index >= 15 is 0 Å². The molecule has 1 atom stereocenters. The number of hydrogen-bond acceptors (Lipinski definition) is 4. The van der Waals surface area contributed by atoms with Gasteiger partial charge in [0.05, 0.1) is 11.7 Å². The van der Waals surface area contributed by atoms with Gasteiger partial charge in [0.1, 0.15) is 18.2 Å². The lowest BCUT2D eigenvalue weighted by atomic mass is 10.0. The van der Waals surface area contributed by atoms with Crippen molar-refractivity contribution in [2.75, 3.05) is 0 Å². The number of nitrogens with one attached hydrogen (secondary N) is 2. The second-order valence-corrected chi connectivity index (χ2v) is 7.42. The summed E-state index contributed by atoms with van der Waals surface area (Å²) < 4.78 is 16.6. The molecule has 0 saturated heterocycles. The first-order chi connectivity index (χ1) is 14.9. The number of benzene rings is 1. The SMILES string of the molecule is CCc1nccn1CC(=O)N[C@H](Cc1cc(=O)n2[nH]c(C)cc2n1)c1ccc(F)cc1. The summed E-state index contributed by atoms with van der Waals surface area (Å²) in [5.74, 6) is 0.245. The molecule has 1 aromatic carbocycles. The summed E-state index contributed by atoms with van der Waals surface area (Å²) in [6.45, 7) is 3.93. The van der Waals surface area contributed by atoms with Crippen LogP contribution >= 0.6 is 0 Å². The van der Waals surface area contributed by atoms with Crippen molar-refractivity contribution < 1.29 is 9.18 Å². The Morgan fingerprint density at radius 2 is 2.03 bits per heavy atom. The molecular formula is C22H23FN6O2. The Kier molecular flexibility index (Phi) is 5.66. The van der Waals surface area contributed by atoms with Crippen LogP contribution in [0.1, 0.15) is 35.7 Å². The number of nitrogens with zero attached hydrogens (tertiary/aromatic N) is 4. The fourth-order valence-electron chi connectivity index (χ4n) is 3.61. The molecule has 0 unspecified atom stereocenters. The van der Waals surface area contributed by atoms with Gasteiger partial charge in [-0.05, 0) is 24.6 Å². The van der Waals surface area contributed by atoms with Crippen LogP contribution in [0.2, 0.25) is 0 Å². The molecule has 0 saturated carbocycles. The molecule has 1 amide bonds. The van der Waals surface area contributed by atoms with Crippen molar-refractivity contribution in [3.05, 3.63) is 87.7 Å². The number of imidazole rings is 1. The van der Waals surface area contributed by atoms with E-state index in [1.165, 1.54) is 22.7 Å². The maximum absolute atomic E-state index is 13.4. The Labute approximate surface area is 177 Å². The molecule has 0 aliphatic rings. The van der Waals surface area contributed by atoms with Gasteiger partial charge in [0.15, 0.2) is 5.65 Å². The van der Waals surface area contributed by atoms with Crippen LogP contribution in [-0.4, -0.2) is 30.1 Å². The molecule has 31 heavy (non-hydrogen) atoms. The lowest BCUT2D eigenvalue weighted by Crippen LogP contribution is -2.33. The number of aromatic amines is 1. The first-order valence-corrected chi connectivity index (χ1v) is 10.1. The van der Waals surface area contributed by atoms with Gasteiger partial charge in [-0.25, -0.2) is 18.9 Å². The number of hydrogen-bond donors (Lipinski definition) is 2. The van der Waals surface area contributed by atoms with Crippen LogP contribution < -0.4 is 10.9 Å². The number of carbonyl (C=O) groups is 1. The minimum absolute atomic E-state index is 0.118. The lowest BCUT2D eigenvalue weighted by Gasteiger charge is -2.20. The highest BCUT2D eigenvalue weighted by Gasteiger charge is 2.18. The van der Waals surface area contributed by atoms with Gasteiger partial charge in [0.25, 0.3) is 5.56 Å². The molecule has 0 bridgehead atoms. The van der Waals surface area contributed by atoms with E-state index in [2.05, 4.69) is 20.4 Å². The van der Waals surface area contributed by atoms with Gasteiger partial charge in [-0.1, -0.05) is 19.1 Å². The molecule has 9 heteroatoms. The molecular weight excluding hydrogens is 399 g/mol. The van der Waals surface area contributed by atoms with E-state index in [-0.39, 0.29) is 30.2 Å². The van der Waals surface area contributed by atoms with Crippen molar-refractivity contribution in [3.63, 3.8) is 0 Å².